The Balaban J connectivity index is 1.94. The van der Waals surface area contributed by atoms with Gasteiger partial charge in [-0.1, -0.05) is 0 Å². The summed E-state index contributed by atoms with van der Waals surface area (Å²) >= 11 is 0. The summed E-state index contributed by atoms with van der Waals surface area (Å²) in [6, 6.07) is 0.000509. The number of rotatable bonds is 5. The fraction of sp³-hybridized carbons (Fsp3) is 0.667. The fourth-order valence-electron chi connectivity index (χ4n) is 1.61. The third kappa shape index (κ3) is 1.82. The topological polar surface area (TPSA) is 89.3 Å². The van der Waals surface area contributed by atoms with Crippen LogP contribution in [0.25, 0.3) is 0 Å². The molecule has 5 heteroatoms. The third-order valence-corrected chi connectivity index (χ3v) is 2.58. The lowest BCUT2D eigenvalue weighted by molar-refractivity contribution is -0.122. The van der Waals surface area contributed by atoms with Crippen molar-refractivity contribution in [3.63, 3.8) is 0 Å². The van der Waals surface area contributed by atoms with Crippen molar-refractivity contribution < 1.29 is 14.4 Å². The number of amides is 1. The minimum atomic E-state index is -0.608. The zero-order valence-corrected chi connectivity index (χ0v) is 7.66. The van der Waals surface area contributed by atoms with Crippen molar-refractivity contribution in [3.8, 4) is 0 Å². The van der Waals surface area contributed by atoms with Crippen LogP contribution in [0.5, 0.6) is 0 Å². The highest BCUT2D eigenvalue weighted by Crippen LogP contribution is 2.29. The van der Waals surface area contributed by atoms with Crippen LogP contribution in [-0.4, -0.2) is 29.6 Å². The van der Waals surface area contributed by atoms with E-state index in [0.29, 0.717) is 6.04 Å². The molecule has 5 nitrogen and oxygen atoms in total. The van der Waals surface area contributed by atoms with Crippen molar-refractivity contribution in [2.75, 3.05) is 0 Å². The molecular weight excluding hydrogens is 184 g/mol. The minimum Gasteiger partial charge on any atom is -0.370 e. The molecule has 0 saturated heterocycles. The number of hydrogen-bond donors (Lipinski definition) is 2. The predicted molar refractivity (Wildman–Crippen MR) is 47.3 cm³/mol. The smallest absolute Gasteiger partial charge is 0.219 e. The normalized spacial score (nSPS) is 23.7. The molecule has 0 aromatic heterocycles. The zero-order chi connectivity index (χ0) is 10.3. The van der Waals surface area contributed by atoms with Crippen LogP contribution in [0.3, 0.4) is 0 Å². The minimum absolute atomic E-state index is 0.0681. The van der Waals surface area contributed by atoms with Gasteiger partial charge in [0, 0.05) is 18.5 Å². The first-order valence-corrected chi connectivity index (χ1v) is 4.72. The van der Waals surface area contributed by atoms with E-state index in [1.54, 1.807) is 0 Å². The molecule has 1 unspecified atom stereocenters. The molecule has 1 atom stereocenters. The summed E-state index contributed by atoms with van der Waals surface area (Å²) < 4.78 is 0. The van der Waals surface area contributed by atoms with Gasteiger partial charge in [0.15, 0.2) is 0 Å². The van der Waals surface area contributed by atoms with Gasteiger partial charge in [0.2, 0.25) is 17.5 Å². The number of nitrogens with two attached hydrogens (primary N) is 1. The van der Waals surface area contributed by atoms with Crippen molar-refractivity contribution >= 4 is 17.5 Å². The highest BCUT2D eigenvalue weighted by Gasteiger charge is 2.54. The number of Topliss-reactive ketones (excluding diaryl/α,β-unsaturated/α-hetero) is 2. The molecule has 0 radical (unpaired) electrons. The van der Waals surface area contributed by atoms with Gasteiger partial charge in [0.1, 0.15) is 5.92 Å². The Labute approximate surface area is 81.0 Å². The van der Waals surface area contributed by atoms with Crippen LogP contribution in [0.1, 0.15) is 19.3 Å². The Bertz CT molecular complexity index is 295. The van der Waals surface area contributed by atoms with Gasteiger partial charge in [0.05, 0.1) is 0 Å². The van der Waals surface area contributed by atoms with E-state index in [-0.39, 0.29) is 24.0 Å². The Kier molecular flexibility index (Phi) is 2.11. The van der Waals surface area contributed by atoms with Gasteiger partial charge < -0.3 is 11.1 Å². The summed E-state index contributed by atoms with van der Waals surface area (Å²) in [7, 11) is 0. The van der Waals surface area contributed by atoms with Crippen molar-refractivity contribution in [3.05, 3.63) is 0 Å². The van der Waals surface area contributed by atoms with Crippen molar-refractivity contribution in [2.24, 2.45) is 11.7 Å². The van der Waals surface area contributed by atoms with Gasteiger partial charge in [-0.3, -0.25) is 14.4 Å². The summed E-state index contributed by atoms with van der Waals surface area (Å²) in [5, 5.41) is 3.10. The molecule has 0 spiro atoms. The molecular formula is C9H12N2O3. The number of ketones is 2. The lowest BCUT2D eigenvalue weighted by Crippen LogP contribution is -2.37. The molecule has 1 amide bonds. The summed E-state index contributed by atoms with van der Waals surface area (Å²) in [5.74, 6) is -1.83. The summed E-state index contributed by atoms with van der Waals surface area (Å²) in [6.45, 7) is 0. The number of carbonyl (C=O) groups is 3. The van der Waals surface area contributed by atoms with E-state index in [9.17, 15) is 14.4 Å². The van der Waals surface area contributed by atoms with E-state index >= 15 is 0 Å². The quantitative estimate of drug-likeness (QED) is 0.424. The Hall–Kier alpha value is -1.23. The zero-order valence-electron chi connectivity index (χ0n) is 7.66. The second kappa shape index (κ2) is 3.16. The van der Waals surface area contributed by atoms with Crippen LogP contribution in [-0.2, 0) is 14.4 Å². The van der Waals surface area contributed by atoms with Gasteiger partial charge in [-0.25, -0.2) is 0 Å². The van der Waals surface area contributed by atoms with E-state index in [1.165, 1.54) is 0 Å². The molecule has 3 N–H and O–H groups in total. The highest BCUT2D eigenvalue weighted by molar-refractivity contribution is 6.60. The first-order chi connectivity index (χ1) is 6.59. The Morgan fingerprint density at radius 3 is 2.36 bits per heavy atom. The second-order valence-electron chi connectivity index (χ2n) is 3.92. The summed E-state index contributed by atoms with van der Waals surface area (Å²) in [4.78, 5) is 32.5. The molecule has 2 fully saturated rings. The Morgan fingerprint density at radius 2 is 2.00 bits per heavy atom. The van der Waals surface area contributed by atoms with E-state index < -0.39 is 11.8 Å². The van der Waals surface area contributed by atoms with Crippen molar-refractivity contribution in [1.29, 1.82) is 0 Å². The largest absolute Gasteiger partial charge is 0.370 e. The molecule has 2 aliphatic carbocycles. The molecule has 2 aliphatic rings. The van der Waals surface area contributed by atoms with Gasteiger partial charge in [-0.05, 0) is 12.8 Å². The lowest BCUT2D eigenvalue weighted by Gasteiger charge is -2.13. The maximum Gasteiger partial charge on any atom is 0.219 e. The molecule has 2 rings (SSSR count). The average Bonchev–Trinajstić information content (AvgIpc) is 2.94. The van der Waals surface area contributed by atoms with Crippen molar-refractivity contribution in [2.45, 2.75) is 31.3 Å². The van der Waals surface area contributed by atoms with Crippen LogP contribution in [0.4, 0.5) is 0 Å². The molecule has 2 saturated carbocycles. The van der Waals surface area contributed by atoms with Gasteiger partial charge in [0.25, 0.3) is 0 Å². The fourth-order valence-corrected chi connectivity index (χ4v) is 1.61. The van der Waals surface area contributed by atoms with Crippen LogP contribution >= 0.6 is 0 Å². The van der Waals surface area contributed by atoms with Gasteiger partial charge >= 0.3 is 0 Å². The monoisotopic (exact) mass is 196 g/mol. The molecule has 0 aromatic rings. The van der Waals surface area contributed by atoms with Gasteiger partial charge in [-0.15, -0.1) is 0 Å². The first kappa shape index (κ1) is 9.33. The van der Waals surface area contributed by atoms with Crippen LogP contribution in [0, 0.1) is 5.92 Å². The van der Waals surface area contributed by atoms with Crippen molar-refractivity contribution in [1.82, 2.24) is 5.32 Å². The van der Waals surface area contributed by atoms with E-state index in [1.807, 2.05) is 0 Å². The predicted octanol–water partition coefficient (Wildman–Crippen LogP) is -1.25. The summed E-state index contributed by atoms with van der Waals surface area (Å²) in [5.41, 5.74) is 5.04. The van der Waals surface area contributed by atoms with Gasteiger partial charge in [-0.2, -0.15) is 0 Å². The third-order valence-electron chi connectivity index (χ3n) is 2.58. The maximum absolute atomic E-state index is 10.9. The molecule has 0 bridgehead atoms. The maximum atomic E-state index is 10.9. The number of nitrogens with one attached hydrogen (secondary N) is 1. The second-order valence-corrected chi connectivity index (χ2v) is 3.92. The SMILES string of the molecule is NC(=O)CC(NC1CC1)C1C(=O)C1=O. The molecule has 14 heavy (non-hydrogen) atoms. The standard InChI is InChI=1S/C9H12N2O3/c10-6(12)3-5(11-4-1-2-4)7-8(13)9(7)14/h4-5,7,11H,1-3H2,(H2,10,12). The van der Waals surface area contributed by atoms with E-state index in [4.69, 9.17) is 5.73 Å². The van der Waals surface area contributed by atoms with Crippen LogP contribution in [0.15, 0.2) is 0 Å². The van der Waals surface area contributed by atoms with E-state index in [2.05, 4.69) is 5.32 Å². The lowest BCUT2D eigenvalue weighted by atomic mass is 10.1. The van der Waals surface area contributed by atoms with Crippen LogP contribution in [0.2, 0.25) is 0 Å². The Morgan fingerprint density at radius 1 is 1.43 bits per heavy atom. The average molecular weight is 196 g/mol. The molecule has 0 aromatic carbocycles. The molecule has 76 valence electrons. The van der Waals surface area contributed by atoms with Crippen LogP contribution < -0.4 is 11.1 Å². The number of carbonyl (C=O) groups excluding carboxylic acids is 3. The molecule has 0 heterocycles. The van der Waals surface area contributed by atoms with E-state index in [0.717, 1.165) is 12.8 Å². The molecule has 0 aliphatic heterocycles. The number of primary amides is 1. The number of hydrogen-bond acceptors (Lipinski definition) is 4. The summed E-state index contributed by atoms with van der Waals surface area (Å²) in [6.07, 6.45) is 2.16. The highest BCUT2D eigenvalue weighted by atomic mass is 16.2. The first-order valence-electron chi connectivity index (χ1n) is 4.72.